The Morgan fingerprint density at radius 2 is 1.56 bits per heavy atom. The predicted octanol–water partition coefficient (Wildman–Crippen LogP) is 5.65. The number of benzene rings is 3. The van der Waals surface area contributed by atoms with Gasteiger partial charge in [0.25, 0.3) is 5.91 Å². The Bertz CT molecular complexity index is 1280. The van der Waals surface area contributed by atoms with E-state index in [1.807, 2.05) is 48.2 Å². The molecular formula is C29H30Cl2N2O5S. The quantitative estimate of drug-likeness (QED) is 0.316. The number of rotatable bonds is 10. The Morgan fingerprint density at radius 3 is 2.10 bits per heavy atom. The van der Waals surface area contributed by atoms with Crippen molar-refractivity contribution < 1.29 is 24.2 Å². The molecule has 0 radical (unpaired) electrons. The molecule has 3 aromatic carbocycles. The number of nitrogens with zero attached hydrogens (tertiary/aromatic N) is 1. The summed E-state index contributed by atoms with van der Waals surface area (Å²) in [6, 6.07) is 15.0. The number of aliphatic carboxylic acids is 1. The summed E-state index contributed by atoms with van der Waals surface area (Å²) in [5.74, 6) is 1.87. The second-order valence-electron chi connectivity index (χ2n) is 9.13. The summed E-state index contributed by atoms with van der Waals surface area (Å²) in [4.78, 5) is 27.1. The summed E-state index contributed by atoms with van der Waals surface area (Å²) >= 11 is 14.2. The van der Waals surface area contributed by atoms with Crippen LogP contribution < -0.4 is 14.8 Å². The Kier molecular flexibility index (Phi) is 10.0. The molecular weight excluding hydrogens is 559 g/mol. The fraction of sp³-hybridized carbons (Fsp3) is 0.310. The minimum atomic E-state index is -1.17. The minimum absolute atomic E-state index is 0.0456. The van der Waals surface area contributed by atoms with Crippen molar-refractivity contribution in [2.24, 2.45) is 0 Å². The number of carbonyl (C=O) groups excluding carboxylic acids is 1. The lowest BCUT2D eigenvalue weighted by Gasteiger charge is -2.26. The topological polar surface area (TPSA) is 88.1 Å². The van der Waals surface area contributed by atoms with E-state index in [1.54, 1.807) is 20.3 Å². The third kappa shape index (κ3) is 7.19. The van der Waals surface area contributed by atoms with Crippen LogP contribution in [0.5, 0.6) is 11.5 Å². The van der Waals surface area contributed by atoms with E-state index in [1.165, 1.54) is 12.1 Å². The van der Waals surface area contributed by atoms with Crippen molar-refractivity contribution in [2.45, 2.75) is 19.0 Å². The summed E-state index contributed by atoms with van der Waals surface area (Å²) in [7, 11) is 3.28. The number of carboxylic acid groups (broad SMARTS) is 1. The fourth-order valence-electron chi connectivity index (χ4n) is 4.55. The first-order valence-corrected chi connectivity index (χ1v) is 14.3. The molecule has 1 heterocycles. The summed E-state index contributed by atoms with van der Waals surface area (Å²) in [6.07, 6.45) is 0.0742. The van der Waals surface area contributed by atoms with Crippen LogP contribution >= 0.6 is 35.0 Å². The normalized spacial score (nSPS) is 14.5. The van der Waals surface area contributed by atoms with E-state index in [0.717, 1.165) is 53.4 Å². The molecule has 0 spiro atoms. The molecule has 206 valence electrons. The maximum Gasteiger partial charge on any atom is 0.326 e. The number of carboxylic acids is 1. The van der Waals surface area contributed by atoms with Gasteiger partial charge in [0.05, 0.1) is 35.4 Å². The van der Waals surface area contributed by atoms with Crippen LogP contribution in [0.2, 0.25) is 10.0 Å². The molecule has 7 nitrogen and oxygen atoms in total. The molecule has 1 aliphatic rings. The molecule has 1 saturated heterocycles. The van der Waals surface area contributed by atoms with E-state index in [9.17, 15) is 14.7 Å². The second kappa shape index (κ2) is 13.4. The minimum Gasteiger partial charge on any atom is -0.496 e. The molecule has 1 atom stereocenters. The van der Waals surface area contributed by atoms with Gasteiger partial charge in [0.2, 0.25) is 0 Å². The van der Waals surface area contributed by atoms with Gasteiger partial charge in [-0.05, 0) is 41.0 Å². The van der Waals surface area contributed by atoms with Crippen molar-refractivity contribution in [3.05, 3.63) is 81.3 Å². The zero-order chi connectivity index (χ0) is 27.9. The van der Waals surface area contributed by atoms with Gasteiger partial charge in [0, 0.05) is 37.6 Å². The Hall–Kier alpha value is -2.91. The number of thioether (sulfide) groups is 1. The van der Waals surface area contributed by atoms with Crippen LogP contribution in [0.25, 0.3) is 11.1 Å². The van der Waals surface area contributed by atoms with E-state index in [2.05, 4.69) is 10.2 Å². The average Bonchev–Trinajstić information content (AvgIpc) is 2.93. The van der Waals surface area contributed by atoms with Crippen LogP contribution in [-0.4, -0.2) is 66.7 Å². The zero-order valence-corrected chi connectivity index (χ0v) is 24.0. The highest BCUT2D eigenvalue weighted by Crippen LogP contribution is 2.40. The molecule has 0 bridgehead atoms. The van der Waals surface area contributed by atoms with Crippen molar-refractivity contribution in [1.82, 2.24) is 10.2 Å². The highest BCUT2D eigenvalue weighted by Gasteiger charge is 2.24. The number of methoxy groups -OCH3 is 2. The van der Waals surface area contributed by atoms with E-state index >= 15 is 0 Å². The SMILES string of the molecule is COc1cc(CN2CCSCC2)cc(OC)c1-c1ccc(C[C@H](NC(=O)c2c(Cl)cccc2Cl)C(=O)O)cc1. The molecule has 39 heavy (non-hydrogen) atoms. The smallest absolute Gasteiger partial charge is 0.326 e. The van der Waals surface area contributed by atoms with Crippen molar-refractivity contribution in [1.29, 1.82) is 0 Å². The molecule has 4 rings (SSSR count). The van der Waals surface area contributed by atoms with Gasteiger partial charge in [-0.3, -0.25) is 9.69 Å². The third-order valence-corrected chi connectivity index (χ3v) is 8.12. The maximum absolute atomic E-state index is 12.7. The molecule has 2 N–H and O–H groups in total. The largest absolute Gasteiger partial charge is 0.496 e. The number of halogens is 2. The number of carbonyl (C=O) groups is 2. The van der Waals surface area contributed by atoms with Crippen molar-refractivity contribution >= 4 is 46.8 Å². The Balaban J connectivity index is 1.53. The fourth-order valence-corrected chi connectivity index (χ4v) is 6.10. The van der Waals surface area contributed by atoms with Gasteiger partial charge in [-0.15, -0.1) is 0 Å². The van der Waals surface area contributed by atoms with E-state index in [-0.39, 0.29) is 22.0 Å². The first kappa shape index (κ1) is 29.1. The van der Waals surface area contributed by atoms with Crippen LogP contribution in [0.3, 0.4) is 0 Å². The number of nitrogens with one attached hydrogen (secondary N) is 1. The number of ether oxygens (including phenoxy) is 2. The molecule has 1 aliphatic heterocycles. The van der Waals surface area contributed by atoms with Crippen LogP contribution in [0.4, 0.5) is 0 Å². The summed E-state index contributed by atoms with van der Waals surface area (Å²) in [6.45, 7) is 2.94. The van der Waals surface area contributed by atoms with Gasteiger partial charge >= 0.3 is 5.97 Å². The predicted molar refractivity (Wildman–Crippen MR) is 157 cm³/mol. The summed E-state index contributed by atoms with van der Waals surface area (Å²) in [5, 5.41) is 12.6. The number of hydrogen-bond acceptors (Lipinski definition) is 6. The molecule has 1 amide bonds. The Labute approximate surface area is 242 Å². The van der Waals surface area contributed by atoms with Gasteiger partial charge in [0.1, 0.15) is 17.5 Å². The highest BCUT2D eigenvalue weighted by molar-refractivity contribution is 7.99. The molecule has 0 saturated carbocycles. The number of hydrogen-bond donors (Lipinski definition) is 2. The van der Waals surface area contributed by atoms with Gasteiger partial charge in [-0.2, -0.15) is 11.8 Å². The van der Waals surface area contributed by atoms with Crippen molar-refractivity contribution in [3.8, 4) is 22.6 Å². The first-order valence-electron chi connectivity index (χ1n) is 12.4. The zero-order valence-electron chi connectivity index (χ0n) is 21.7. The van der Waals surface area contributed by atoms with Crippen molar-refractivity contribution in [3.63, 3.8) is 0 Å². The van der Waals surface area contributed by atoms with Crippen LogP contribution in [0.1, 0.15) is 21.5 Å². The lowest BCUT2D eigenvalue weighted by molar-refractivity contribution is -0.139. The van der Waals surface area contributed by atoms with Crippen LogP contribution in [0.15, 0.2) is 54.6 Å². The molecule has 0 unspecified atom stereocenters. The highest BCUT2D eigenvalue weighted by atomic mass is 35.5. The summed E-state index contributed by atoms with van der Waals surface area (Å²) < 4.78 is 11.5. The van der Waals surface area contributed by atoms with Gasteiger partial charge in [-0.25, -0.2) is 4.79 Å². The molecule has 0 aliphatic carbocycles. The standard InChI is InChI=1S/C29H30Cl2N2O5S/c1-37-24-15-19(17-33-10-12-39-13-11-33)16-25(38-2)26(24)20-8-6-18(7-9-20)14-23(29(35)36)32-28(34)27-21(30)4-3-5-22(27)31/h3-9,15-16,23H,10-14,17H2,1-2H3,(H,32,34)(H,35,36)/t23-/m0/s1. The lowest BCUT2D eigenvalue weighted by atomic mass is 9.97. The molecule has 10 heteroatoms. The van der Waals surface area contributed by atoms with Crippen LogP contribution in [0, 0.1) is 0 Å². The lowest BCUT2D eigenvalue weighted by Crippen LogP contribution is -2.42. The van der Waals surface area contributed by atoms with E-state index in [0.29, 0.717) is 11.5 Å². The molecule has 3 aromatic rings. The van der Waals surface area contributed by atoms with Gasteiger partial charge in [0.15, 0.2) is 0 Å². The maximum atomic E-state index is 12.7. The van der Waals surface area contributed by atoms with E-state index in [4.69, 9.17) is 32.7 Å². The monoisotopic (exact) mass is 588 g/mol. The van der Waals surface area contributed by atoms with Crippen LogP contribution in [-0.2, 0) is 17.8 Å². The van der Waals surface area contributed by atoms with E-state index < -0.39 is 17.9 Å². The summed E-state index contributed by atoms with van der Waals surface area (Å²) in [5.41, 5.74) is 3.58. The van der Waals surface area contributed by atoms with Crippen molar-refractivity contribution in [2.75, 3.05) is 38.8 Å². The Morgan fingerprint density at radius 1 is 0.974 bits per heavy atom. The third-order valence-electron chi connectivity index (χ3n) is 6.55. The molecule has 1 fully saturated rings. The van der Waals surface area contributed by atoms with Gasteiger partial charge in [-0.1, -0.05) is 53.5 Å². The first-order chi connectivity index (χ1) is 18.8. The number of amides is 1. The molecule has 0 aromatic heterocycles. The second-order valence-corrected chi connectivity index (χ2v) is 11.2. The van der Waals surface area contributed by atoms with Gasteiger partial charge < -0.3 is 19.9 Å². The average molecular weight is 590 g/mol.